The van der Waals surface area contributed by atoms with Gasteiger partial charge < -0.3 is 14.8 Å². The Morgan fingerprint density at radius 2 is 1.35 bits per heavy atom. The third-order valence-corrected chi connectivity index (χ3v) is 3.92. The SMILES string of the molecule is O=C(Nc1ccc(OCCOc2ccccc2)cc1)c1ccccc1Cl. The molecule has 0 atom stereocenters. The van der Waals surface area contributed by atoms with Gasteiger partial charge in [-0.25, -0.2) is 0 Å². The third kappa shape index (κ3) is 5.01. The number of para-hydroxylation sites is 1. The van der Waals surface area contributed by atoms with Crippen molar-refractivity contribution < 1.29 is 14.3 Å². The summed E-state index contributed by atoms with van der Waals surface area (Å²) in [6, 6.07) is 23.7. The summed E-state index contributed by atoms with van der Waals surface area (Å²) in [5.74, 6) is 1.27. The standard InChI is InChI=1S/C21H18ClNO3/c22-20-9-5-4-8-19(20)21(24)23-16-10-12-18(13-11-16)26-15-14-25-17-6-2-1-3-7-17/h1-13H,14-15H2,(H,23,24). The average Bonchev–Trinajstić information content (AvgIpc) is 2.67. The minimum atomic E-state index is -0.250. The topological polar surface area (TPSA) is 47.6 Å². The molecule has 132 valence electrons. The smallest absolute Gasteiger partial charge is 0.257 e. The maximum atomic E-state index is 12.2. The van der Waals surface area contributed by atoms with Gasteiger partial charge in [0.1, 0.15) is 24.7 Å². The number of hydrogen-bond donors (Lipinski definition) is 1. The molecule has 3 rings (SSSR count). The summed E-state index contributed by atoms with van der Waals surface area (Å²) < 4.78 is 11.2. The third-order valence-electron chi connectivity index (χ3n) is 3.59. The van der Waals surface area contributed by atoms with Crippen LogP contribution in [-0.4, -0.2) is 19.1 Å². The summed E-state index contributed by atoms with van der Waals surface area (Å²) in [4.78, 5) is 12.2. The highest BCUT2D eigenvalue weighted by Crippen LogP contribution is 2.19. The zero-order valence-corrected chi connectivity index (χ0v) is 14.8. The molecular formula is C21H18ClNO3. The van der Waals surface area contributed by atoms with Crippen LogP contribution in [0.5, 0.6) is 11.5 Å². The molecule has 3 aromatic rings. The van der Waals surface area contributed by atoms with Crippen molar-refractivity contribution in [1.82, 2.24) is 0 Å². The van der Waals surface area contributed by atoms with Crippen molar-refractivity contribution in [1.29, 1.82) is 0 Å². The van der Waals surface area contributed by atoms with Crippen LogP contribution < -0.4 is 14.8 Å². The molecule has 0 unspecified atom stereocenters. The fraction of sp³-hybridized carbons (Fsp3) is 0.0952. The lowest BCUT2D eigenvalue weighted by atomic mass is 10.2. The molecule has 0 aliphatic heterocycles. The van der Waals surface area contributed by atoms with Crippen LogP contribution in [0.15, 0.2) is 78.9 Å². The molecular weight excluding hydrogens is 350 g/mol. The number of amides is 1. The van der Waals surface area contributed by atoms with Gasteiger partial charge >= 0.3 is 0 Å². The summed E-state index contributed by atoms with van der Waals surface area (Å²) in [6.07, 6.45) is 0. The van der Waals surface area contributed by atoms with Gasteiger partial charge in [-0.1, -0.05) is 41.9 Å². The Morgan fingerprint density at radius 1 is 0.769 bits per heavy atom. The molecule has 0 heterocycles. The minimum absolute atomic E-state index is 0.250. The van der Waals surface area contributed by atoms with Gasteiger partial charge in [-0.3, -0.25) is 4.79 Å². The molecule has 0 saturated carbocycles. The van der Waals surface area contributed by atoms with Crippen molar-refractivity contribution in [3.8, 4) is 11.5 Å². The second kappa shape index (κ2) is 8.92. The fourth-order valence-corrected chi connectivity index (χ4v) is 2.54. The summed E-state index contributed by atoms with van der Waals surface area (Å²) >= 11 is 6.03. The number of nitrogens with one attached hydrogen (secondary N) is 1. The zero-order valence-electron chi connectivity index (χ0n) is 14.0. The first-order valence-corrected chi connectivity index (χ1v) is 8.57. The summed E-state index contributed by atoms with van der Waals surface area (Å²) in [5, 5.41) is 3.23. The Morgan fingerprint density at radius 3 is 2.00 bits per heavy atom. The van der Waals surface area contributed by atoms with E-state index in [1.165, 1.54) is 0 Å². The fourth-order valence-electron chi connectivity index (χ4n) is 2.31. The van der Waals surface area contributed by atoms with Gasteiger partial charge in [-0.2, -0.15) is 0 Å². The number of carbonyl (C=O) groups is 1. The van der Waals surface area contributed by atoms with E-state index in [1.54, 1.807) is 48.5 Å². The van der Waals surface area contributed by atoms with E-state index in [2.05, 4.69) is 5.32 Å². The summed E-state index contributed by atoms with van der Waals surface area (Å²) in [5.41, 5.74) is 1.11. The molecule has 5 heteroatoms. The highest BCUT2D eigenvalue weighted by Gasteiger charge is 2.09. The van der Waals surface area contributed by atoms with E-state index in [1.807, 2.05) is 30.3 Å². The Kier molecular flexibility index (Phi) is 6.12. The number of benzene rings is 3. The number of rotatable bonds is 7. The number of hydrogen-bond acceptors (Lipinski definition) is 3. The Hall–Kier alpha value is -2.98. The van der Waals surface area contributed by atoms with Gasteiger partial charge in [0.05, 0.1) is 10.6 Å². The van der Waals surface area contributed by atoms with E-state index in [0.29, 0.717) is 35.2 Å². The monoisotopic (exact) mass is 367 g/mol. The van der Waals surface area contributed by atoms with Crippen LogP contribution in [0.3, 0.4) is 0 Å². The second-order valence-corrected chi connectivity index (χ2v) is 5.88. The Bertz CT molecular complexity index is 851. The van der Waals surface area contributed by atoms with Crippen LogP contribution in [0.1, 0.15) is 10.4 Å². The van der Waals surface area contributed by atoms with E-state index in [9.17, 15) is 4.79 Å². The van der Waals surface area contributed by atoms with Crippen molar-refractivity contribution in [2.75, 3.05) is 18.5 Å². The molecule has 0 fully saturated rings. The van der Waals surface area contributed by atoms with Crippen molar-refractivity contribution in [3.63, 3.8) is 0 Å². The van der Waals surface area contributed by atoms with Crippen LogP contribution in [0.2, 0.25) is 5.02 Å². The maximum Gasteiger partial charge on any atom is 0.257 e. The zero-order chi connectivity index (χ0) is 18.2. The van der Waals surface area contributed by atoms with Crippen molar-refractivity contribution in [3.05, 3.63) is 89.4 Å². The van der Waals surface area contributed by atoms with Gasteiger partial charge in [-0.05, 0) is 48.5 Å². The van der Waals surface area contributed by atoms with E-state index >= 15 is 0 Å². The molecule has 0 saturated heterocycles. The van der Waals surface area contributed by atoms with Crippen LogP contribution in [0.25, 0.3) is 0 Å². The Balaban J connectivity index is 1.47. The first kappa shape index (κ1) is 17.8. The molecule has 0 radical (unpaired) electrons. The summed E-state index contributed by atoms with van der Waals surface area (Å²) in [6.45, 7) is 0.884. The quantitative estimate of drug-likeness (QED) is 0.594. The van der Waals surface area contributed by atoms with Crippen molar-refractivity contribution >= 4 is 23.2 Å². The molecule has 0 aromatic heterocycles. The molecule has 0 bridgehead atoms. The molecule has 26 heavy (non-hydrogen) atoms. The number of anilines is 1. The lowest BCUT2D eigenvalue weighted by Gasteiger charge is -2.10. The van der Waals surface area contributed by atoms with E-state index in [-0.39, 0.29) is 5.91 Å². The largest absolute Gasteiger partial charge is 0.490 e. The first-order valence-electron chi connectivity index (χ1n) is 8.19. The van der Waals surface area contributed by atoms with Crippen molar-refractivity contribution in [2.24, 2.45) is 0 Å². The highest BCUT2D eigenvalue weighted by molar-refractivity contribution is 6.34. The van der Waals surface area contributed by atoms with Crippen molar-refractivity contribution in [2.45, 2.75) is 0 Å². The van der Waals surface area contributed by atoms with Gasteiger partial charge in [0, 0.05) is 5.69 Å². The van der Waals surface area contributed by atoms with E-state index in [0.717, 1.165) is 5.75 Å². The maximum absolute atomic E-state index is 12.2. The van der Waals surface area contributed by atoms with Gasteiger partial charge in [-0.15, -0.1) is 0 Å². The molecule has 1 amide bonds. The molecule has 0 spiro atoms. The number of carbonyl (C=O) groups excluding carboxylic acids is 1. The molecule has 3 aromatic carbocycles. The van der Waals surface area contributed by atoms with E-state index < -0.39 is 0 Å². The molecule has 0 aliphatic carbocycles. The lowest BCUT2D eigenvalue weighted by molar-refractivity contribution is 0.102. The molecule has 1 N–H and O–H groups in total. The van der Waals surface area contributed by atoms with Gasteiger partial charge in [0.15, 0.2) is 0 Å². The molecule has 0 aliphatic rings. The van der Waals surface area contributed by atoms with Crippen LogP contribution in [-0.2, 0) is 0 Å². The normalized spacial score (nSPS) is 10.2. The highest BCUT2D eigenvalue weighted by atomic mass is 35.5. The number of ether oxygens (including phenoxy) is 2. The Labute approximate surface area is 157 Å². The molecule has 4 nitrogen and oxygen atoms in total. The average molecular weight is 368 g/mol. The second-order valence-electron chi connectivity index (χ2n) is 5.47. The van der Waals surface area contributed by atoms with E-state index in [4.69, 9.17) is 21.1 Å². The van der Waals surface area contributed by atoms with Gasteiger partial charge in [0.25, 0.3) is 5.91 Å². The predicted molar refractivity (Wildman–Crippen MR) is 103 cm³/mol. The minimum Gasteiger partial charge on any atom is -0.490 e. The van der Waals surface area contributed by atoms with Gasteiger partial charge in [0.2, 0.25) is 0 Å². The van der Waals surface area contributed by atoms with Crippen LogP contribution in [0.4, 0.5) is 5.69 Å². The number of halogens is 1. The predicted octanol–water partition coefficient (Wildman–Crippen LogP) is 5.05. The summed E-state index contributed by atoms with van der Waals surface area (Å²) in [7, 11) is 0. The van der Waals surface area contributed by atoms with Crippen LogP contribution >= 0.6 is 11.6 Å². The first-order chi connectivity index (χ1) is 12.7. The lowest BCUT2D eigenvalue weighted by Crippen LogP contribution is -2.12. The van der Waals surface area contributed by atoms with Crippen LogP contribution in [0, 0.1) is 0 Å².